The first-order valence-electron chi connectivity index (χ1n) is 11.1. The van der Waals surface area contributed by atoms with Crippen molar-refractivity contribution >= 4 is 17.9 Å². The number of ether oxygens (including phenoxy) is 4. The number of nitrogens with one attached hydrogen (secondary N) is 1. The zero-order valence-corrected chi connectivity index (χ0v) is 20.9. The lowest BCUT2D eigenvalue weighted by Gasteiger charge is -2.20. The third-order valence-electron chi connectivity index (χ3n) is 5.97. The highest BCUT2D eigenvalue weighted by Crippen LogP contribution is 2.50. The number of thioether (sulfide) groups is 1. The molecule has 3 aromatic carbocycles. The van der Waals surface area contributed by atoms with Gasteiger partial charge in [0.25, 0.3) is 0 Å². The fraction of sp³-hybridized carbons (Fsp3) is 0.259. The van der Waals surface area contributed by atoms with E-state index in [1.54, 1.807) is 57.7 Å². The van der Waals surface area contributed by atoms with Gasteiger partial charge in [-0.25, -0.2) is 4.79 Å². The van der Waals surface area contributed by atoms with Crippen LogP contribution in [0.2, 0.25) is 0 Å². The van der Waals surface area contributed by atoms with Crippen LogP contribution in [0.1, 0.15) is 23.6 Å². The van der Waals surface area contributed by atoms with Gasteiger partial charge in [-0.1, -0.05) is 24.3 Å². The van der Waals surface area contributed by atoms with Gasteiger partial charge in [0.15, 0.2) is 16.9 Å². The Morgan fingerprint density at radius 3 is 2.37 bits per heavy atom. The largest absolute Gasteiger partial charge is 0.493 e. The summed E-state index contributed by atoms with van der Waals surface area (Å²) in [5.41, 5.74) is 3.11. The molecule has 182 valence electrons. The van der Waals surface area contributed by atoms with Crippen molar-refractivity contribution in [2.45, 2.75) is 23.8 Å². The van der Waals surface area contributed by atoms with Crippen molar-refractivity contribution < 1.29 is 23.7 Å². The smallest absolute Gasteiger partial charge is 0.413 e. The first-order valence-corrected chi connectivity index (χ1v) is 12.3. The van der Waals surface area contributed by atoms with Crippen LogP contribution in [0.15, 0.2) is 64.3 Å². The molecule has 0 radical (unpaired) electrons. The van der Waals surface area contributed by atoms with E-state index in [1.165, 1.54) is 11.8 Å². The number of para-hydroxylation sites is 1. The Bertz CT molecular complexity index is 1300. The Morgan fingerprint density at radius 2 is 1.71 bits per heavy atom. The molecule has 1 N–H and O–H groups in total. The summed E-state index contributed by atoms with van der Waals surface area (Å²) >= 11 is 1.37. The van der Waals surface area contributed by atoms with Crippen LogP contribution in [-0.4, -0.2) is 33.7 Å². The second kappa shape index (κ2) is 10.7. The molecule has 35 heavy (non-hydrogen) atoms. The standard InChI is InChI=1S/C27H27NO6S/c1-31-22-14-16-10-12-20(28-27(30)34-17-8-6-5-7-9-17)19-15-21(29)23(35-4)13-11-18(19)24(16)26(33-3)25(22)32-2/h5-9,11,13-15,20H,10,12H2,1-4H3,(H,28,30)/t20-/m1/s1. The van der Waals surface area contributed by atoms with Gasteiger partial charge in [-0.3, -0.25) is 4.79 Å². The molecule has 7 nitrogen and oxygen atoms in total. The third kappa shape index (κ3) is 4.93. The number of carbonyl (C=O) groups excluding carboxylic acids is 1. The van der Waals surface area contributed by atoms with Crippen LogP contribution in [0.25, 0.3) is 11.1 Å². The number of hydrogen-bond acceptors (Lipinski definition) is 7. The quantitative estimate of drug-likeness (QED) is 0.470. The third-order valence-corrected chi connectivity index (χ3v) is 6.74. The summed E-state index contributed by atoms with van der Waals surface area (Å²) in [6.45, 7) is 0. The zero-order chi connectivity index (χ0) is 24.9. The summed E-state index contributed by atoms with van der Waals surface area (Å²) in [6, 6.07) is 15.6. The first-order chi connectivity index (χ1) is 17.0. The molecule has 0 saturated carbocycles. The van der Waals surface area contributed by atoms with Gasteiger partial charge in [0, 0.05) is 5.56 Å². The molecule has 0 saturated heterocycles. The molecule has 0 fully saturated rings. The van der Waals surface area contributed by atoms with E-state index in [1.807, 2.05) is 24.5 Å². The number of hydrogen-bond donors (Lipinski definition) is 1. The van der Waals surface area contributed by atoms with Crippen LogP contribution in [0.5, 0.6) is 23.0 Å². The highest BCUT2D eigenvalue weighted by atomic mass is 32.2. The Kier molecular flexibility index (Phi) is 7.51. The summed E-state index contributed by atoms with van der Waals surface area (Å²) in [5.74, 6) is 1.97. The maximum atomic E-state index is 13.0. The fourth-order valence-electron chi connectivity index (χ4n) is 4.38. The van der Waals surface area contributed by atoms with Crippen LogP contribution in [0, 0.1) is 0 Å². The second-order valence-electron chi connectivity index (χ2n) is 7.90. The molecule has 1 aliphatic carbocycles. The average molecular weight is 494 g/mol. The van der Waals surface area contributed by atoms with E-state index in [0.717, 1.165) is 16.7 Å². The van der Waals surface area contributed by atoms with Crippen LogP contribution in [-0.2, 0) is 6.42 Å². The number of carbonyl (C=O) groups is 1. The first kappa shape index (κ1) is 24.5. The molecule has 0 aromatic heterocycles. The van der Waals surface area contributed by atoms with Gasteiger partial charge >= 0.3 is 6.09 Å². The van der Waals surface area contributed by atoms with Crippen molar-refractivity contribution in [1.82, 2.24) is 5.32 Å². The van der Waals surface area contributed by atoms with Gasteiger partial charge in [0.1, 0.15) is 5.75 Å². The predicted octanol–water partition coefficient (Wildman–Crippen LogP) is 5.24. The number of aryl methyl sites for hydroxylation is 1. The molecule has 0 spiro atoms. The maximum absolute atomic E-state index is 13.0. The molecule has 1 aliphatic rings. The minimum atomic E-state index is -0.593. The van der Waals surface area contributed by atoms with Crippen LogP contribution < -0.4 is 29.7 Å². The summed E-state index contributed by atoms with van der Waals surface area (Å²) in [4.78, 5) is 26.4. The topological polar surface area (TPSA) is 83.1 Å². The van der Waals surface area contributed by atoms with Crippen molar-refractivity contribution in [2.24, 2.45) is 0 Å². The zero-order valence-electron chi connectivity index (χ0n) is 20.0. The molecule has 1 atom stereocenters. The SMILES string of the molecule is COc1cc2c(c(OC)c1OC)-c1ccc(SC)c(=O)cc1[C@H](NC(=O)Oc1ccccc1)CC2. The summed E-state index contributed by atoms with van der Waals surface area (Å²) < 4.78 is 22.5. The lowest BCUT2D eigenvalue weighted by molar-refractivity contribution is 0.195. The van der Waals surface area contributed by atoms with Crippen molar-refractivity contribution in [3.05, 3.63) is 75.9 Å². The molecule has 0 heterocycles. The van der Waals surface area contributed by atoms with Gasteiger partial charge in [0.05, 0.1) is 32.3 Å². The van der Waals surface area contributed by atoms with Crippen LogP contribution in [0.4, 0.5) is 4.79 Å². The lowest BCUT2D eigenvalue weighted by atomic mass is 9.95. The number of rotatable bonds is 6. The van der Waals surface area contributed by atoms with Crippen molar-refractivity contribution in [3.63, 3.8) is 0 Å². The van der Waals surface area contributed by atoms with Gasteiger partial charge in [0.2, 0.25) is 5.75 Å². The van der Waals surface area contributed by atoms with E-state index >= 15 is 0 Å². The minimum Gasteiger partial charge on any atom is -0.493 e. The predicted molar refractivity (Wildman–Crippen MR) is 136 cm³/mol. The molecule has 3 aromatic rings. The number of benzene rings is 2. The molecule has 4 rings (SSSR count). The maximum Gasteiger partial charge on any atom is 0.413 e. The normalized spacial score (nSPS) is 14.1. The molecular weight excluding hydrogens is 466 g/mol. The summed E-state index contributed by atoms with van der Waals surface area (Å²) in [6.07, 6.45) is 2.41. The Labute approximate surface area is 208 Å². The molecule has 0 bridgehead atoms. The summed E-state index contributed by atoms with van der Waals surface area (Å²) in [5, 5.41) is 2.96. The van der Waals surface area contributed by atoms with E-state index in [2.05, 4.69) is 5.32 Å². The van der Waals surface area contributed by atoms with Crippen molar-refractivity contribution in [1.29, 1.82) is 0 Å². The van der Waals surface area contributed by atoms with Gasteiger partial charge in [-0.2, -0.15) is 0 Å². The van der Waals surface area contributed by atoms with Gasteiger partial charge in [-0.15, -0.1) is 11.8 Å². The van der Waals surface area contributed by atoms with Crippen LogP contribution >= 0.6 is 11.8 Å². The highest BCUT2D eigenvalue weighted by Gasteiger charge is 2.30. The van der Waals surface area contributed by atoms with E-state index in [9.17, 15) is 9.59 Å². The summed E-state index contributed by atoms with van der Waals surface area (Å²) in [7, 11) is 4.71. The Hall–Kier alpha value is -3.65. The lowest BCUT2D eigenvalue weighted by Crippen LogP contribution is -2.31. The van der Waals surface area contributed by atoms with E-state index in [-0.39, 0.29) is 5.43 Å². The number of amides is 1. The van der Waals surface area contributed by atoms with Crippen molar-refractivity contribution in [2.75, 3.05) is 27.6 Å². The highest BCUT2D eigenvalue weighted by molar-refractivity contribution is 7.98. The molecular formula is C27H27NO6S. The molecule has 0 unspecified atom stereocenters. The monoisotopic (exact) mass is 493 g/mol. The van der Waals surface area contributed by atoms with E-state index in [0.29, 0.717) is 46.3 Å². The fourth-order valence-corrected chi connectivity index (χ4v) is 4.85. The number of methoxy groups -OCH3 is 3. The molecule has 1 amide bonds. The van der Waals surface area contributed by atoms with Gasteiger partial charge in [-0.05, 0) is 66.1 Å². The average Bonchev–Trinajstić information content (AvgIpc) is 3.11. The Morgan fingerprint density at radius 1 is 0.971 bits per heavy atom. The van der Waals surface area contributed by atoms with E-state index < -0.39 is 12.1 Å². The second-order valence-corrected chi connectivity index (χ2v) is 8.75. The molecule has 0 aliphatic heterocycles. The molecule has 8 heteroatoms. The van der Waals surface area contributed by atoms with Gasteiger partial charge < -0.3 is 24.3 Å². The van der Waals surface area contributed by atoms with Crippen LogP contribution in [0.3, 0.4) is 0 Å². The minimum absolute atomic E-state index is 0.120. The van der Waals surface area contributed by atoms with E-state index in [4.69, 9.17) is 18.9 Å². The van der Waals surface area contributed by atoms with Crippen molar-refractivity contribution in [3.8, 4) is 34.1 Å². The Balaban J connectivity index is 1.87. The number of fused-ring (bicyclic) bond motifs is 3.